The third kappa shape index (κ3) is 2.26. The highest BCUT2D eigenvalue weighted by molar-refractivity contribution is 9.09. The van der Waals surface area contributed by atoms with Crippen LogP contribution in [0.1, 0.15) is 48.0 Å². The number of halogens is 1. The lowest BCUT2D eigenvalue weighted by Crippen LogP contribution is -1.85. The van der Waals surface area contributed by atoms with Gasteiger partial charge in [0.1, 0.15) is 10.0 Å². The van der Waals surface area contributed by atoms with E-state index in [0.717, 1.165) is 16.4 Å². The van der Waals surface area contributed by atoms with Crippen molar-refractivity contribution in [2.75, 3.05) is 0 Å². The molecule has 0 bridgehead atoms. The molecule has 0 amide bonds. The summed E-state index contributed by atoms with van der Waals surface area (Å²) in [5.41, 5.74) is 0. The lowest BCUT2D eigenvalue weighted by molar-refractivity contribution is 0.808. The largest absolute Gasteiger partial charge is 0.143 e. The van der Waals surface area contributed by atoms with Crippen LogP contribution in [0.3, 0.4) is 0 Å². The second-order valence-electron chi connectivity index (χ2n) is 3.01. The molecule has 0 spiro atoms. The quantitative estimate of drug-likeness (QED) is 0.766. The van der Waals surface area contributed by atoms with E-state index in [0.29, 0.717) is 10.7 Å². The molecular weight excluding hydrogens is 236 g/mol. The van der Waals surface area contributed by atoms with Crippen LogP contribution in [0.25, 0.3) is 0 Å². The molecule has 4 heteroatoms. The molecule has 0 aliphatic rings. The molecule has 0 fully saturated rings. The van der Waals surface area contributed by atoms with Crippen molar-refractivity contribution in [2.24, 2.45) is 0 Å². The zero-order valence-corrected chi connectivity index (χ0v) is 9.94. The van der Waals surface area contributed by atoms with E-state index in [9.17, 15) is 0 Å². The van der Waals surface area contributed by atoms with Crippen molar-refractivity contribution < 1.29 is 0 Å². The number of rotatable bonds is 3. The van der Waals surface area contributed by atoms with E-state index in [-0.39, 0.29) is 0 Å². The number of hydrogen-bond donors (Lipinski definition) is 0. The van der Waals surface area contributed by atoms with Crippen LogP contribution in [-0.2, 0) is 0 Å². The van der Waals surface area contributed by atoms with Gasteiger partial charge in [-0.3, -0.25) is 0 Å². The molecular formula is C8H13BrN2S. The highest BCUT2D eigenvalue weighted by atomic mass is 79.9. The van der Waals surface area contributed by atoms with Gasteiger partial charge < -0.3 is 0 Å². The zero-order chi connectivity index (χ0) is 9.14. The summed E-state index contributed by atoms with van der Waals surface area (Å²) in [6.07, 6.45) is 1.06. The third-order valence-corrected chi connectivity index (χ3v) is 4.30. The van der Waals surface area contributed by atoms with Gasteiger partial charge in [-0.05, 0) is 6.42 Å². The molecule has 0 radical (unpaired) electrons. The van der Waals surface area contributed by atoms with Crippen LogP contribution in [0.4, 0.5) is 0 Å². The Bertz CT molecular complexity index is 247. The van der Waals surface area contributed by atoms with E-state index in [1.807, 2.05) is 0 Å². The number of nitrogens with zero attached hydrogens (tertiary/aromatic N) is 2. The van der Waals surface area contributed by atoms with Crippen LogP contribution in [0.2, 0.25) is 0 Å². The summed E-state index contributed by atoms with van der Waals surface area (Å²) in [5.74, 6) is 0.493. The van der Waals surface area contributed by atoms with E-state index < -0.39 is 0 Å². The second kappa shape index (κ2) is 4.33. The molecule has 0 aliphatic carbocycles. The minimum Gasteiger partial charge on any atom is -0.143 e. The highest BCUT2D eigenvalue weighted by Crippen LogP contribution is 2.30. The molecule has 1 rings (SSSR count). The first-order chi connectivity index (χ1) is 5.65. The summed E-state index contributed by atoms with van der Waals surface area (Å²) in [4.78, 5) is 0.377. The predicted octanol–water partition coefficient (Wildman–Crippen LogP) is 3.51. The van der Waals surface area contributed by atoms with Gasteiger partial charge in [-0.15, -0.1) is 21.5 Å². The van der Waals surface area contributed by atoms with Crippen LogP contribution in [0.5, 0.6) is 0 Å². The first kappa shape index (κ1) is 10.1. The van der Waals surface area contributed by atoms with Crippen LogP contribution in [0.15, 0.2) is 0 Å². The lowest BCUT2D eigenvalue weighted by atomic mass is 10.2. The smallest absolute Gasteiger partial charge is 0.131 e. The Morgan fingerprint density at radius 1 is 1.33 bits per heavy atom. The van der Waals surface area contributed by atoms with Crippen LogP contribution >= 0.6 is 27.3 Å². The fraction of sp³-hybridized carbons (Fsp3) is 0.750. The minimum atomic E-state index is 0.377. The second-order valence-corrected chi connectivity index (χ2v) is 5.16. The standard InChI is InChI=1S/C8H13BrN2S/c1-4-6(9)8-11-10-7(12-8)5(2)3/h5-6H,4H2,1-3H3. The Balaban J connectivity index is 2.77. The molecule has 1 atom stereocenters. The topological polar surface area (TPSA) is 25.8 Å². The molecule has 12 heavy (non-hydrogen) atoms. The molecule has 0 aliphatic heterocycles. The Morgan fingerprint density at radius 2 is 1.92 bits per heavy atom. The van der Waals surface area contributed by atoms with E-state index in [4.69, 9.17) is 0 Å². The normalized spacial score (nSPS) is 13.8. The zero-order valence-electron chi connectivity index (χ0n) is 7.54. The van der Waals surface area contributed by atoms with Gasteiger partial charge in [0.05, 0.1) is 4.83 Å². The van der Waals surface area contributed by atoms with E-state index >= 15 is 0 Å². The fourth-order valence-electron chi connectivity index (χ4n) is 0.781. The van der Waals surface area contributed by atoms with Gasteiger partial charge in [0, 0.05) is 5.92 Å². The molecule has 1 aromatic rings. The van der Waals surface area contributed by atoms with Crippen molar-refractivity contribution in [3.63, 3.8) is 0 Å². The molecule has 0 aromatic carbocycles. The Hall–Kier alpha value is 0.0400. The highest BCUT2D eigenvalue weighted by Gasteiger charge is 2.12. The van der Waals surface area contributed by atoms with Crippen molar-refractivity contribution in [3.8, 4) is 0 Å². The molecule has 68 valence electrons. The molecule has 1 aromatic heterocycles. The first-order valence-electron chi connectivity index (χ1n) is 4.12. The van der Waals surface area contributed by atoms with E-state index in [2.05, 4.69) is 46.9 Å². The summed E-state index contributed by atoms with van der Waals surface area (Å²) >= 11 is 5.26. The Labute approximate surface area is 85.5 Å². The van der Waals surface area contributed by atoms with Gasteiger partial charge in [0.25, 0.3) is 0 Å². The average Bonchev–Trinajstić information content (AvgIpc) is 2.51. The molecule has 0 N–H and O–H groups in total. The van der Waals surface area contributed by atoms with Crippen molar-refractivity contribution >= 4 is 27.3 Å². The Morgan fingerprint density at radius 3 is 2.33 bits per heavy atom. The van der Waals surface area contributed by atoms with E-state index in [1.54, 1.807) is 11.3 Å². The van der Waals surface area contributed by atoms with Gasteiger partial charge >= 0.3 is 0 Å². The average molecular weight is 249 g/mol. The monoisotopic (exact) mass is 248 g/mol. The summed E-state index contributed by atoms with van der Waals surface area (Å²) in [6.45, 7) is 6.41. The molecule has 0 saturated carbocycles. The summed E-state index contributed by atoms with van der Waals surface area (Å²) in [6, 6.07) is 0. The molecule has 1 heterocycles. The summed E-state index contributed by atoms with van der Waals surface area (Å²) in [5, 5.41) is 10.5. The Kier molecular flexibility index (Phi) is 3.65. The van der Waals surface area contributed by atoms with Crippen molar-refractivity contribution in [3.05, 3.63) is 10.0 Å². The number of aromatic nitrogens is 2. The lowest BCUT2D eigenvalue weighted by Gasteiger charge is -1.98. The van der Waals surface area contributed by atoms with Crippen LogP contribution < -0.4 is 0 Å². The molecule has 1 unspecified atom stereocenters. The van der Waals surface area contributed by atoms with Crippen LogP contribution in [0, 0.1) is 0 Å². The van der Waals surface area contributed by atoms with Crippen LogP contribution in [-0.4, -0.2) is 10.2 Å². The molecule has 0 saturated heterocycles. The van der Waals surface area contributed by atoms with Gasteiger partial charge in [-0.25, -0.2) is 0 Å². The first-order valence-corrected chi connectivity index (χ1v) is 5.85. The van der Waals surface area contributed by atoms with Gasteiger partial charge in [0.15, 0.2) is 0 Å². The van der Waals surface area contributed by atoms with Crippen molar-refractivity contribution in [1.82, 2.24) is 10.2 Å². The third-order valence-electron chi connectivity index (χ3n) is 1.58. The summed E-state index contributed by atoms with van der Waals surface area (Å²) in [7, 11) is 0. The van der Waals surface area contributed by atoms with E-state index in [1.165, 1.54) is 0 Å². The molecule has 2 nitrogen and oxygen atoms in total. The van der Waals surface area contributed by atoms with Crippen molar-refractivity contribution in [1.29, 1.82) is 0 Å². The van der Waals surface area contributed by atoms with Gasteiger partial charge in [-0.2, -0.15) is 0 Å². The maximum Gasteiger partial charge on any atom is 0.131 e. The number of alkyl halides is 1. The van der Waals surface area contributed by atoms with Crippen molar-refractivity contribution in [2.45, 2.75) is 37.9 Å². The van der Waals surface area contributed by atoms with Gasteiger partial charge in [-0.1, -0.05) is 36.7 Å². The van der Waals surface area contributed by atoms with Gasteiger partial charge in [0.2, 0.25) is 0 Å². The maximum atomic E-state index is 4.13. The summed E-state index contributed by atoms with van der Waals surface area (Å²) < 4.78 is 0. The fourth-order valence-corrected chi connectivity index (χ4v) is 2.06. The maximum absolute atomic E-state index is 4.13. The minimum absolute atomic E-state index is 0.377. The SMILES string of the molecule is CCC(Br)c1nnc(C(C)C)s1. The predicted molar refractivity (Wildman–Crippen MR) is 56.0 cm³/mol. The number of hydrogen-bond acceptors (Lipinski definition) is 3.